The van der Waals surface area contributed by atoms with Gasteiger partial charge in [-0.2, -0.15) is 0 Å². The molecule has 0 unspecified atom stereocenters. The Labute approximate surface area is 76.7 Å². The minimum absolute atomic E-state index is 0.103. The summed E-state index contributed by atoms with van der Waals surface area (Å²) in [6, 6.07) is 0. The fourth-order valence-corrected chi connectivity index (χ4v) is 0.415. The van der Waals surface area contributed by atoms with Crippen molar-refractivity contribution in [3.8, 4) is 0 Å². The number of ether oxygens (including phenoxy) is 1. The van der Waals surface area contributed by atoms with Gasteiger partial charge in [0.15, 0.2) is 0 Å². The van der Waals surface area contributed by atoms with Crippen LogP contribution in [0.25, 0.3) is 0 Å². The molecule has 0 fully saturated rings. The van der Waals surface area contributed by atoms with Crippen LogP contribution in [-0.4, -0.2) is 29.4 Å². The molecule has 0 atom stereocenters. The summed E-state index contributed by atoms with van der Waals surface area (Å²) >= 11 is 0. The van der Waals surface area contributed by atoms with E-state index >= 15 is 0 Å². The number of carboxylic acid groups (broad SMARTS) is 1. The van der Waals surface area contributed by atoms with Crippen molar-refractivity contribution in [3.05, 3.63) is 0 Å². The summed E-state index contributed by atoms with van der Waals surface area (Å²) in [6.07, 6.45) is -0.103. The first kappa shape index (κ1) is 14.2. The van der Waals surface area contributed by atoms with Crippen molar-refractivity contribution in [1.82, 2.24) is 0 Å². The number of aliphatic carboxylic acids is 1. The molecule has 0 aliphatic heterocycles. The van der Waals surface area contributed by atoms with E-state index in [1.165, 1.54) is 6.92 Å². The molecule has 0 aliphatic carbocycles. The molecule has 0 aromatic rings. The Morgan fingerprint density at radius 3 is 1.85 bits per heavy atom. The molecule has 76 valence electrons. The predicted octanol–water partition coefficient (Wildman–Crippen LogP) is 0.619. The van der Waals surface area contributed by atoms with Crippen LogP contribution in [0.2, 0.25) is 0 Å². The Kier molecular flexibility index (Phi) is 9.48. The fourth-order valence-electron chi connectivity index (χ4n) is 0.415. The van der Waals surface area contributed by atoms with E-state index in [-0.39, 0.29) is 12.2 Å². The highest BCUT2D eigenvalue weighted by Crippen LogP contribution is 1.86. The molecule has 5 heteroatoms. The molecular formula is C8H14O5. The number of carboxylic acids is 1. The van der Waals surface area contributed by atoms with E-state index in [4.69, 9.17) is 9.90 Å². The van der Waals surface area contributed by atoms with E-state index in [9.17, 15) is 9.59 Å². The third kappa shape index (κ3) is 25.0. The first-order chi connectivity index (χ1) is 5.90. The summed E-state index contributed by atoms with van der Waals surface area (Å²) in [5.41, 5.74) is 0. The molecule has 0 aromatic carbocycles. The van der Waals surface area contributed by atoms with E-state index in [1.807, 2.05) is 0 Å². The van der Waals surface area contributed by atoms with Crippen LogP contribution in [0.5, 0.6) is 0 Å². The molecular weight excluding hydrogens is 176 g/mol. The quantitative estimate of drug-likeness (QED) is 0.521. The van der Waals surface area contributed by atoms with Gasteiger partial charge in [-0.05, 0) is 13.8 Å². The second-order valence-corrected chi connectivity index (χ2v) is 2.20. The first-order valence-electron chi connectivity index (χ1n) is 3.74. The molecule has 0 spiro atoms. The van der Waals surface area contributed by atoms with Crippen LogP contribution in [0, 0.1) is 0 Å². The molecule has 0 rings (SSSR count). The first-order valence-corrected chi connectivity index (χ1v) is 3.74. The number of rotatable bonds is 3. The number of ketones is 1. The monoisotopic (exact) mass is 190 g/mol. The van der Waals surface area contributed by atoms with Crippen molar-refractivity contribution < 1.29 is 24.2 Å². The number of hydrogen-bond acceptors (Lipinski definition) is 4. The summed E-state index contributed by atoms with van der Waals surface area (Å²) in [5, 5.41) is 7.42. The maximum Gasteiger partial charge on any atom is 0.313 e. The van der Waals surface area contributed by atoms with Crippen LogP contribution in [0.1, 0.15) is 27.2 Å². The highest BCUT2D eigenvalue weighted by atomic mass is 16.5. The highest BCUT2D eigenvalue weighted by molar-refractivity contribution is 5.94. The lowest BCUT2D eigenvalue weighted by atomic mass is 10.3. The Morgan fingerprint density at radius 2 is 1.62 bits per heavy atom. The Morgan fingerprint density at radius 1 is 1.23 bits per heavy atom. The van der Waals surface area contributed by atoms with Crippen LogP contribution in [-0.2, 0) is 19.1 Å². The van der Waals surface area contributed by atoms with Gasteiger partial charge in [-0.25, -0.2) is 0 Å². The lowest BCUT2D eigenvalue weighted by molar-refractivity contribution is -0.145. The SMILES string of the molecule is CC(=O)O.CCOC(=O)CC(C)=O. The fraction of sp³-hybridized carbons (Fsp3) is 0.625. The maximum atomic E-state index is 10.4. The van der Waals surface area contributed by atoms with E-state index in [0.717, 1.165) is 6.92 Å². The van der Waals surface area contributed by atoms with Gasteiger partial charge in [0.2, 0.25) is 0 Å². The predicted molar refractivity (Wildman–Crippen MR) is 45.2 cm³/mol. The summed E-state index contributed by atoms with van der Waals surface area (Å²) in [5.74, 6) is -1.43. The Hall–Kier alpha value is -1.39. The van der Waals surface area contributed by atoms with E-state index < -0.39 is 11.9 Å². The second kappa shape index (κ2) is 8.70. The van der Waals surface area contributed by atoms with Gasteiger partial charge in [0.05, 0.1) is 6.61 Å². The molecule has 0 radical (unpaired) electrons. The van der Waals surface area contributed by atoms with Gasteiger partial charge in [0.25, 0.3) is 5.97 Å². The standard InChI is InChI=1S/C6H10O3.C2H4O2/c1-3-9-6(8)4-5(2)7;1-2(3)4/h3-4H2,1-2H3;1H3,(H,3,4). The van der Waals surface area contributed by atoms with Gasteiger partial charge in [-0.3, -0.25) is 14.4 Å². The number of carbonyl (C=O) groups is 3. The van der Waals surface area contributed by atoms with E-state index in [0.29, 0.717) is 6.61 Å². The molecule has 0 heterocycles. The van der Waals surface area contributed by atoms with Crippen molar-refractivity contribution >= 4 is 17.7 Å². The molecule has 13 heavy (non-hydrogen) atoms. The largest absolute Gasteiger partial charge is 0.481 e. The zero-order valence-electron chi connectivity index (χ0n) is 7.99. The van der Waals surface area contributed by atoms with Gasteiger partial charge in [0, 0.05) is 6.92 Å². The Balaban J connectivity index is 0. The molecule has 1 N–H and O–H groups in total. The lowest BCUT2D eigenvalue weighted by Gasteiger charge is -1.96. The van der Waals surface area contributed by atoms with E-state index in [2.05, 4.69) is 4.74 Å². The molecule has 0 amide bonds. The van der Waals surface area contributed by atoms with E-state index in [1.54, 1.807) is 6.92 Å². The second-order valence-electron chi connectivity index (χ2n) is 2.20. The maximum absolute atomic E-state index is 10.4. The summed E-state index contributed by atoms with van der Waals surface area (Å²) < 4.78 is 4.49. The average molecular weight is 190 g/mol. The number of Topliss-reactive ketones (excluding diaryl/α,β-unsaturated/α-hetero) is 1. The normalized spacial score (nSPS) is 7.92. The molecule has 0 saturated heterocycles. The van der Waals surface area contributed by atoms with Crippen LogP contribution < -0.4 is 0 Å². The average Bonchev–Trinajstić information content (AvgIpc) is 1.83. The minimum atomic E-state index is -0.833. The van der Waals surface area contributed by atoms with Crippen molar-refractivity contribution in [2.75, 3.05) is 6.61 Å². The number of esters is 1. The minimum Gasteiger partial charge on any atom is -0.481 e. The summed E-state index contributed by atoms with van der Waals surface area (Å²) in [7, 11) is 0. The van der Waals surface area contributed by atoms with Gasteiger partial charge >= 0.3 is 5.97 Å². The van der Waals surface area contributed by atoms with Crippen molar-refractivity contribution in [2.24, 2.45) is 0 Å². The topological polar surface area (TPSA) is 80.7 Å². The van der Waals surface area contributed by atoms with Crippen molar-refractivity contribution in [3.63, 3.8) is 0 Å². The summed E-state index contributed by atoms with van der Waals surface area (Å²) in [4.78, 5) is 29.6. The zero-order valence-corrected chi connectivity index (χ0v) is 7.99. The number of carbonyl (C=O) groups excluding carboxylic acids is 2. The van der Waals surface area contributed by atoms with Gasteiger partial charge in [0.1, 0.15) is 12.2 Å². The third-order valence-corrected chi connectivity index (χ3v) is 0.699. The van der Waals surface area contributed by atoms with Crippen LogP contribution in [0.3, 0.4) is 0 Å². The molecule has 0 saturated carbocycles. The highest BCUT2D eigenvalue weighted by Gasteiger charge is 2.03. The van der Waals surface area contributed by atoms with Crippen LogP contribution >= 0.6 is 0 Å². The molecule has 0 bridgehead atoms. The smallest absolute Gasteiger partial charge is 0.313 e. The molecule has 5 nitrogen and oxygen atoms in total. The third-order valence-electron chi connectivity index (χ3n) is 0.699. The molecule has 0 aromatic heterocycles. The van der Waals surface area contributed by atoms with Crippen molar-refractivity contribution in [1.29, 1.82) is 0 Å². The lowest BCUT2D eigenvalue weighted by Crippen LogP contribution is -2.07. The zero-order chi connectivity index (χ0) is 10.9. The Bertz CT molecular complexity index is 181. The van der Waals surface area contributed by atoms with Gasteiger partial charge in [-0.1, -0.05) is 0 Å². The number of hydrogen-bond donors (Lipinski definition) is 1. The van der Waals surface area contributed by atoms with Crippen LogP contribution in [0.15, 0.2) is 0 Å². The van der Waals surface area contributed by atoms with Gasteiger partial charge < -0.3 is 9.84 Å². The van der Waals surface area contributed by atoms with Gasteiger partial charge in [-0.15, -0.1) is 0 Å². The molecule has 0 aliphatic rings. The van der Waals surface area contributed by atoms with Crippen LogP contribution in [0.4, 0.5) is 0 Å². The summed E-state index contributed by atoms with van der Waals surface area (Å²) in [6.45, 7) is 4.49. The van der Waals surface area contributed by atoms with Crippen molar-refractivity contribution in [2.45, 2.75) is 27.2 Å².